The van der Waals surface area contributed by atoms with E-state index in [0.717, 1.165) is 33.8 Å². The molecule has 0 saturated carbocycles. The molecule has 0 spiro atoms. The highest BCUT2D eigenvalue weighted by Gasteiger charge is 2.34. The summed E-state index contributed by atoms with van der Waals surface area (Å²) in [5.41, 5.74) is 3.02. The number of sulfonamides is 1. The summed E-state index contributed by atoms with van der Waals surface area (Å²) < 4.78 is 38.6. The maximum Gasteiger partial charge on any atom is 0.244 e. The Morgan fingerprint density at radius 1 is 0.952 bits per heavy atom. The Balaban J connectivity index is 1.74. The van der Waals surface area contributed by atoms with Crippen LogP contribution < -0.4 is 19.1 Å². The lowest BCUT2D eigenvalue weighted by molar-refractivity contribution is -0.140. The van der Waals surface area contributed by atoms with Gasteiger partial charge in [-0.2, -0.15) is 0 Å². The molecule has 4 rings (SSSR count). The molecule has 0 fully saturated rings. The predicted molar refractivity (Wildman–Crippen MR) is 163 cm³/mol. The van der Waals surface area contributed by atoms with Crippen LogP contribution in [0, 0.1) is 6.92 Å². The van der Waals surface area contributed by atoms with E-state index >= 15 is 0 Å². The number of nitrogens with one attached hydrogen (secondary N) is 1. The van der Waals surface area contributed by atoms with Crippen LogP contribution in [0.25, 0.3) is 0 Å². The Morgan fingerprint density at radius 2 is 1.67 bits per heavy atom. The summed E-state index contributed by atoms with van der Waals surface area (Å²) in [5.74, 6) is -0.0592. The maximum atomic E-state index is 14.3. The summed E-state index contributed by atoms with van der Waals surface area (Å²) in [6.07, 6.45) is 2.00. The topological polar surface area (TPSA) is 105 Å². The molecule has 10 heteroatoms. The Labute approximate surface area is 248 Å². The normalized spacial score (nSPS) is 12.9. The lowest BCUT2D eigenvalue weighted by Crippen LogP contribution is -2.53. The lowest BCUT2D eigenvalue weighted by Gasteiger charge is -2.34. The van der Waals surface area contributed by atoms with E-state index in [9.17, 15) is 18.0 Å². The maximum absolute atomic E-state index is 14.3. The van der Waals surface area contributed by atoms with E-state index in [-0.39, 0.29) is 37.1 Å². The smallest absolute Gasteiger partial charge is 0.244 e. The van der Waals surface area contributed by atoms with Crippen LogP contribution in [0.2, 0.25) is 0 Å². The first-order valence-corrected chi connectivity index (χ1v) is 15.9. The fourth-order valence-corrected chi connectivity index (χ4v) is 5.84. The second-order valence-electron chi connectivity index (χ2n) is 10.2. The average Bonchev–Trinajstić information content (AvgIpc) is 3.47. The van der Waals surface area contributed by atoms with E-state index in [4.69, 9.17) is 9.47 Å². The van der Waals surface area contributed by atoms with Gasteiger partial charge in [-0.1, -0.05) is 67.9 Å². The van der Waals surface area contributed by atoms with Crippen molar-refractivity contribution in [3.63, 3.8) is 0 Å². The van der Waals surface area contributed by atoms with Crippen molar-refractivity contribution in [2.45, 2.75) is 52.6 Å². The van der Waals surface area contributed by atoms with Crippen LogP contribution in [0.4, 0.5) is 5.69 Å². The minimum absolute atomic E-state index is 0.0385. The zero-order valence-corrected chi connectivity index (χ0v) is 25.2. The highest BCUT2D eigenvalue weighted by Crippen LogP contribution is 2.36. The third-order valence-corrected chi connectivity index (χ3v) is 9.07. The van der Waals surface area contributed by atoms with E-state index in [2.05, 4.69) is 5.32 Å². The molecule has 1 aliphatic heterocycles. The number of ether oxygens (including phenoxy) is 2. The number of anilines is 1. The second kappa shape index (κ2) is 14.2. The number of aryl methyl sites for hydroxylation is 1. The second-order valence-corrected chi connectivity index (χ2v) is 12.4. The third-order valence-electron chi connectivity index (χ3n) is 7.33. The molecule has 1 atom stereocenters. The molecule has 9 nitrogen and oxygen atoms in total. The largest absolute Gasteiger partial charge is 0.454 e. The van der Waals surface area contributed by atoms with E-state index < -0.39 is 28.5 Å². The number of fused-ring (bicyclic) bond motifs is 1. The fraction of sp³-hybridized carbons (Fsp3) is 0.375. The van der Waals surface area contributed by atoms with Gasteiger partial charge in [0.1, 0.15) is 12.6 Å². The van der Waals surface area contributed by atoms with Gasteiger partial charge in [0.05, 0.1) is 11.4 Å². The molecule has 1 heterocycles. The summed E-state index contributed by atoms with van der Waals surface area (Å²) in [6, 6.07) is 21.1. The monoisotopic (exact) mass is 593 g/mol. The first-order chi connectivity index (χ1) is 20.2. The summed E-state index contributed by atoms with van der Waals surface area (Å²) in [7, 11) is -3.87. The van der Waals surface area contributed by atoms with Gasteiger partial charge in [-0.25, -0.2) is 8.42 Å². The van der Waals surface area contributed by atoms with Crippen LogP contribution >= 0.6 is 0 Å². The van der Waals surface area contributed by atoms with Crippen LogP contribution in [0.5, 0.6) is 11.5 Å². The Morgan fingerprint density at radius 3 is 2.38 bits per heavy atom. The van der Waals surface area contributed by atoms with Crippen LogP contribution in [0.1, 0.15) is 43.4 Å². The van der Waals surface area contributed by atoms with Crippen LogP contribution in [-0.4, -0.2) is 56.8 Å². The summed E-state index contributed by atoms with van der Waals surface area (Å²) in [5, 5.41) is 3.00. The van der Waals surface area contributed by atoms with Gasteiger partial charge in [-0.05, 0) is 49.1 Å². The number of nitrogens with zero attached hydrogens (tertiary/aromatic N) is 2. The van der Waals surface area contributed by atoms with Gasteiger partial charge in [0.25, 0.3) is 0 Å². The number of rotatable bonds is 14. The number of hydrogen-bond donors (Lipinski definition) is 1. The molecule has 0 aromatic heterocycles. The van der Waals surface area contributed by atoms with Crippen molar-refractivity contribution in [3.8, 4) is 11.5 Å². The molecule has 1 aliphatic rings. The summed E-state index contributed by atoms with van der Waals surface area (Å²) >= 11 is 0. The van der Waals surface area contributed by atoms with Gasteiger partial charge in [0, 0.05) is 25.6 Å². The molecule has 224 valence electrons. The number of amides is 2. The van der Waals surface area contributed by atoms with Crippen molar-refractivity contribution < 1.29 is 27.5 Å². The van der Waals surface area contributed by atoms with Crippen molar-refractivity contribution in [1.82, 2.24) is 10.2 Å². The van der Waals surface area contributed by atoms with Gasteiger partial charge >= 0.3 is 0 Å². The highest BCUT2D eigenvalue weighted by molar-refractivity contribution is 7.92. The number of carbonyl (C=O) groups excluding carboxylic acids is 2. The molecule has 0 bridgehead atoms. The predicted octanol–water partition coefficient (Wildman–Crippen LogP) is 4.44. The number of carbonyl (C=O) groups is 2. The number of benzene rings is 3. The molecule has 3 aromatic rings. The van der Waals surface area contributed by atoms with Crippen LogP contribution in [0.15, 0.2) is 72.8 Å². The molecular weight excluding hydrogens is 554 g/mol. The summed E-state index contributed by atoms with van der Waals surface area (Å²) in [6.45, 7) is 5.72. The minimum Gasteiger partial charge on any atom is -0.454 e. The zero-order chi connectivity index (χ0) is 30.1. The van der Waals surface area contributed by atoms with Crippen molar-refractivity contribution in [3.05, 3.63) is 89.5 Å². The Hall–Kier alpha value is -4.05. The Kier molecular flexibility index (Phi) is 10.5. The van der Waals surface area contributed by atoms with Crippen molar-refractivity contribution >= 4 is 27.5 Å². The molecule has 0 aliphatic carbocycles. The lowest BCUT2D eigenvalue weighted by atomic mass is 10.0. The van der Waals surface area contributed by atoms with Crippen LogP contribution in [-0.2, 0) is 32.6 Å². The molecular formula is C32H39N3O6S. The average molecular weight is 594 g/mol. The van der Waals surface area contributed by atoms with E-state index in [0.29, 0.717) is 18.0 Å². The SMILES string of the molecule is CCCCNC(=O)[C@@H](Cc1ccccc1)N(Cc1ccccc1C)C(=O)CN(c1ccc2c(c1)OCO2)S(=O)(=O)CC. The molecule has 2 amide bonds. The van der Waals surface area contributed by atoms with Gasteiger partial charge < -0.3 is 19.7 Å². The molecule has 0 radical (unpaired) electrons. The molecule has 1 N–H and O–H groups in total. The van der Waals surface area contributed by atoms with Crippen molar-refractivity contribution in [2.75, 3.05) is 29.9 Å². The zero-order valence-electron chi connectivity index (χ0n) is 24.4. The molecule has 0 saturated heterocycles. The molecule has 3 aromatic carbocycles. The Bertz CT molecular complexity index is 1480. The van der Waals surface area contributed by atoms with Gasteiger partial charge in [-0.3, -0.25) is 13.9 Å². The first-order valence-electron chi connectivity index (χ1n) is 14.3. The van der Waals surface area contributed by atoms with Gasteiger partial charge in [-0.15, -0.1) is 0 Å². The quantitative estimate of drug-likeness (QED) is 0.277. The first kappa shape index (κ1) is 30.9. The van der Waals surface area contributed by atoms with E-state index in [1.165, 1.54) is 11.8 Å². The standard InChI is InChI=1S/C32H39N3O6S/c1-4-6-18-33-32(37)28(19-25-13-8-7-9-14-25)34(21-26-15-11-10-12-24(26)3)31(36)22-35(42(38,39)5-2)27-16-17-29-30(20-27)41-23-40-29/h7-17,20,28H,4-6,18-19,21-23H2,1-3H3,(H,33,37)/t28-/m1/s1. The third kappa shape index (κ3) is 7.61. The minimum atomic E-state index is -3.87. The van der Waals surface area contributed by atoms with E-state index in [1.54, 1.807) is 18.2 Å². The highest BCUT2D eigenvalue weighted by atomic mass is 32.2. The van der Waals surface area contributed by atoms with Gasteiger partial charge in [0.15, 0.2) is 11.5 Å². The fourth-order valence-electron chi connectivity index (χ4n) is 4.79. The molecule has 42 heavy (non-hydrogen) atoms. The van der Waals surface area contributed by atoms with Crippen LogP contribution in [0.3, 0.4) is 0 Å². The molecule has 0 unspecified atom stereocenters. The van der Waals surface area contributed by atoms with Crippen molar-refractivity contribution in [1.29, 1.82) is 0 Å². The van der Waals surface area contributed by atoms with E-state index in [1.807, 2.05) is 68.4 Å². The van der Waals surface area contributed by atoms with Crippen molar-refractivity contribution in [2.24, 2.45) is 0 Å². The summed E-state index contributed by atoms with van der Waals surface area (Å²) in [4.78, 5) is 29.5. The number of unbranched alkanes of at least 4 members (excludes halogenated alkanes) is 1. The van der Waals surface area contributed by atoms with Gasteiger partial charge in [0.2, 0.25) is 28.6 Å². The number of hydrogen-bond acceptors (Lipinski definition) is 6.